The molecule has 1 N–H and O–H groups in total. The summed E-state index contributed by atoms with van der Waals surface area (Å²) in [6.07, 6.45) is 3.39. The molecule has 15 heavy (non-hydrogen) atoms. The van der Waals surface area contributed by atoms with Crippen molar-refractivity contribution in [1.82, 2.24) is 4.98 Å². The maximum absolute atomic E-state index is 10.9. The molecule has 1 atom stereocenters. The number of anilines is 1. The van der Waals surface area contributed by atoms with E-state index in [9.17, 15) is 4.21 Å². The van der Waals surface area contributed by atoms with Gasteiger partial charge in [0, 0.05) is 35.5 Å². The topological polar surface area (TPSA) is 51.2 Å². The van der Waals surface area contributed by atoms with Gasteiger partial charge in [-0.3, -0.25) is 4.21 Å². The van der Waals surface area contributed by atoms with Crippen LogP contribution in [0.2, 0.25) is 0 Å². The monoisotopic (exact) mass is 228 g/mol. The fourth-order valence-corrected chi connectivity index (χ4v) is 1.50. The molecule has 1 heterocycles. The van der Waals surface area contributed by atoms with Crippen molar-refractivity contribution in [1.29, 1.82) is 0 Å². The Morgan fingerprint density at radius 2 is 2.40 bits per heavy atom. The van der Waals surface area contributed by atoms with Gasteiger partial charge < -0.3 is 10.1 Å². The highest BCUT2D eigenvalue weighted by Gasteiger charge is 2.02. The molecule has 1 aromatic rings. The minimum Gasteiger partial charge on any atom is -0.490 e. The van der Waals surface area contributed by atoms with Crippen molar-refractivity contribution in [3.05, 3.63) is 18.3 Å². The van der Waals surface area contributed by atoms with Crippen LogP contribution in [0.4, 0.5) is 5.82 Å². The van der Waals surface area contributed by atoms with E-state index in [-0.39, 0.29) is 0 Å². The Morgan fingerprint density at radius 1 is 1.60 bits per heavy atom. The lowest BCUT2D eigenvalue weighted by molar-refractivity contribution is 0.340. The van der Waals surface area contributed by atoms with Crippen LogP contribution >= 0.6 is 0 Å². The Balaban J connectivity index is 2.55. The largest absolute Gasteiger partial charge is 0.490 e. The summed E-state index contributed by atoms with van der Waals surface area (Å²) in [5, 5.41) is 3.10. The maximum Gasteiger partial charge on any atom is 0.168 e. The average Bonchev–Trinajstić information content (AvgIpc) is 2.20. The Bertz CT molecular complexity index is 331. The number of pyridine rings is 1. The summed E-state index contributed by atoms with van der Waals surface area (Å²) < 4.78 is 16.3. The molecule has 0 bridgehead atoms. The molecule has 0 radical (unpaired) electrons. The van der Waals surface area contributed by atoms with E-state index in [1.807, 2.05) is 19.1 Å². The second-order valence-electron chi connectivity index (χ2n) is 2.99. The van der Waals surface area contributed by atoms with Crippen molar-refractivity contribution in [3.63, 3.8) is 0 Å². The molecule has 0 fully saturated rings. The van der Waals surface area contributed by atoms with Crippen molar-refractivity contribution in [2.24, 2.45) is 0 Å². The summed E-state index contributed by atoms with van der Waals surface area (Å²) >= 11 is 0. The summed E-state index contributed by atoms with van der Waals surface area (Å²) in [4.78, 5) is 4.16. The molecule has 0 saturated heterocycles. The Kier molecular flexibility index (Phi) is 5.10. The van der Waals surface area contributed by atoms with Crippen molar-refractivity contribution >= 4 is 16.6 Å². The van der Waals surface area contributed by atoms with Crippen LogP contribution in [0.5, 0.6) is 5.75 Å². The van der Waals surface area contributed by atoms with E-state index in [2.05, 4.69) is 10.3 Å². The highest BCUT2D eigenvalue weighted by molar-refractivity contribution is 7.84. The van der Waals surface area contributed by atoms with Crippen LogP contribution in [-0.4, -0.2) is 34.4 Å². The van der Waals surface area contributed by atoms with Crippen molar-refractivity contribution in [2.45, 2.75) is 6.92 Å². The molecular weight excluding hydrogens is 212 g/mol. The van der Waals surface area contributed by atoms with Gasteiger partial charge in [0.05, 0.1) is 6.61 Å². The Morgan fingerprint density at radius 3 is 3.07 bits per heavy atom. The van der Waals surface area contributed by atoms with Gasteiger partial charge in [0.15, 0.2) is 11.6 Å². The van der Waals surface area contributed by atoms with Crippen LogP contribution in [0.3, 0.4) is 0 Å². The van der Waals surface area contributed by atoms with E-state index in [0.29, 0.717) is 24.7 Å². The van der Waals surface area contributed by atoms with Crippen LogP contribution in [0.25, 0.3) is 0 Å². The highest BCUT2D eigenvalue weighted by atomic mass is 32.2. The second-order valence-corrected chi connectivity index (χ2v) is 4.54. The maximum atomic E-state index is 10.9. The summed E-state index contributed by atoms with van der Waals surface area (Å²) in [7, 11) is -0.781. The van der Waals surface area contributed by atoms with Gasteiger partial charge in [-0.05, 0) is 19.1 Å². The van der Waals surface area contributed by atoms with Gasteiger partial charge in [0.1, 0.15) is 0 Å². The zero-order valence-electron chi connectivity index (χ0n) is 9.03. The third-order valence-corrected chi connectivity index (χ3v) is 2.53. The number of ether oxygens (including phenoxy) is 1. The first-order valence-corrected chi connectivity index (χ1v) is 6.58. The predicted molar refractivity (Wildman–Crippen MR) is 62.8 cm³/mol. The van der Waals surface area contributed by atoms with Crippen molar-refractivity contribution in [3.8, 4) is 5.75 Å². The molecule has 0 amide bonds. The normalized spacial score (nSPS) is 12.1. The molecule has 0 aromatic carbocycles. The van der Waals surface area contributed by atoms with Crippen molar-refractivity contribution in [2.75, 3.05) is 30.5 Å². The van der Waals surface area contributed by atoms with E-state index in [0.717, 1.165) is 5.75 Å². The number of hydrogen-bond donors (Lipinski definition) is 1. The zero-order chi connectivity index (χ0) is 11.1. The fraction of sp³-hybridized carbons (Fsp3) is 0.500. The molecular formula is C10H16N2O2S. The molecule has 1 aromatic heterocycles. The van der Waals surface area contributed by atoms with Gasteiger partial charge >= 0.3 is 0 Å². The average molecular weight is 228 g/mol. The van der Waals surface area contributed by atoms with E-state index < -0.39 is 10.8 Å². The third kappa shape index (κ3) is 4.29. The summed E-state index contributed by atoms with van der Waals surface area (Å²) in [5.41, 5.74) is 0. The quantitative estimate of drug-likeness (QED) is 0.796. The van der Waals surface area contributed by atoms with E-state index in [4.69, 9.17) is 4.74 Å². The van der Waals surface area contributed by atoms with E-state index in [1.54, 1.807) is 12.5 Å². The number of hydrogen-bond acceptors (Lipinski definition) is 4. The highest BCUT2D eigenvalue weighted by Crippen LogP contribution is 2.20. The predicted octanol–water partition coefficient (Wildman–Crippen LogP) is 1.27. The van der Waals surface area contributed by atoms with E-state index >= 15 is 0 Å². The van der Waals surface area contributed by atoms with Gasteiger partial charge in [0.2, 0.25) is 0 Å². The van der Waals surface area contributed by atoms with Crippen LogP contribution in [-0.2, 0) is 10.8 Å². The SMILES string of the molecule is CCOc1cccnc1NCCS(C)=O. The number of nitrogens with zero attached hydrogens (tertiary/aromatic N) is 1. The minimum atomic E-state index is -0.781. The molecule has 5 heteroatoms. The van der Waals surface area contributed by atoms with Gasteiger partial charge in [-0.25, -0.2) is 4.98 Å². The summed E-state index contributed by atoms with van der Waals surface area (Å²) in [6, 6.07) is 3.69. The summed E-state index contributed by atoms with van der Waals surface area (Å²) in [6.45, 7) is 3.18. The standard InChI is InChI=1S/C10H16N2O2S/c1-3-14-9-5-4-6-11-10(9)12-7-8-15(2)13/h4-6H,3,7-8H2,1-2H3,(H,11,12). The lowest BCUT2D eigenvalue weighted by Crippen LogP contribution is -2.11. The summed E-state index contributed by atoms with van der Waals surface area (Å²) in [5.74, 6) is 2.06. The first-order chi connectivity index (χ1) is 7.24. The first-order valence-electron chi connectivity index (χ1n) is 4.85. The number of nitrogens with one attached hydrogen (secondary N) is 1. The molecule has 1 unspecified atom stereocenters. The number of aromatic nitrogens is 1. The number of rotatable bonds is 6. The second kappa shape index (κ2) is 6.40. The molecule has 0 aliphatic carbocycles. The molecule has 0 saturated carbocycles. The zero-order valence-corrected chi connectivity index (χ0v) is 9.84. The van der Waals surface area contributed by atoms with Crippen LogP contribution in [0.15, 0.2) is 18.3 Å². The van der Waals surface area contributed by atoms with Gasteiger partial charge in [-0.1, -0.05) is 0 Å². The van der Waals surface area contributed by atoms with Gasteiger partial charge in [-0.2, -0.15) is 0 Å². The molecule has 0 aliphatic heterocycles. The smallest absolute Gasteiger partial charge is 0.168 e. The Labute approximate surface area is 92.5 Å². The van der Waals surface area contributed by atoms with Crippen LogP contribution < -0.4 is 10.1 Å². The minimum absolute atomic E-state index is 0.611. The molecule has 0 aliphatic rings. The third-order valence-electron chi connectivity index (χ3n) is 1.75. The molecule has 1 rings (SSSR count). The fourth-order valence-electron chi connectivity index (χ4n) is 1.11. The lowest BCUT2D eigenvalue weighted by atomic mass is 10.4. The Hall–Kier alpha value is -1.10. The first kappa shape index (κ1) is 12.0. The molecule has 0 spiro atoms. The van der Waals surface area contributed by atoms with Crippen LogP contribution in [0.1, 0.15) is 6.92 Å². The van der Waals surface area contributed by atoms with Gasteiger partial charge in [-0.15, -0.1) is 0 Å². The molecule has 84 valence electrons. The van der Waals surface area contributed by atoms with Gasteiger partial charge in [0.25, 0.3) is 0 Å². The van der Waals surface area contributed by atoms with E-state index in [1.165, 1.54) is 0 Å². The molecule has 4 nitrogen and oxygen atoms in total. The van der Waals surface area contributed by atoms with Crippen LogP contribution in [0, 0.1) is 0 Å². The van der Waals surface area contributed by atoms with Crippen molar-refractivity contribution < 1.29 is 8.95 Å². The lowest BCUT2D eigenvalue weighted by Gasteiger charge is -2.09.